The lowest BCUT2D eigenvalue weighted by Gasteiger charge is -2.45. The van der Waals surface area contributed by atoms with Crippen molar-refractivity contribution >= 4 is 40.1 Å². The zero-order valence-electron chi connectivity index (χ0n) is 19.7. The van der Waals surface area contributed by atoms with Crippen LogP contribution in [0.5, 0.6) is 0 Å². The van der Waals surface area contributed by atoms with E-state index < -0.39 is 34.9 Å². The Labute approximate surface area is 217 Å². The number of morpholine rings is 1. The van der Waals surface area contributed by atoms with Crippen molar-refractivity contribution in [2.24, 2.45) is 11.7 Å². The van der Waals surface area contributed by atoms with Gasteiger partial charge in [0.15, 0.2) is 0 Å². The second-order valence-corrected chi connectivity index (χ2v) is 11.8. The molecule has 1 saturated heterocycles. The first-order chi connectivity index (χ1) is 17.3. The Morgan fingerprint density at radius 2 is 1.86 bits per heavy atom. The van der Waals surface area contributed by atoms with Crippen LogP contribution in [-0.4, -0.2) is 51.5 Å². The predicted molar refractivity (Wildman–Crippen MR) is 136 cm³/mol. The standard InChI is InChI=1S/C26H29ClFN3O4S/c27-18-9-7-17(8-10-18)23-15-35-24(13-25(29)32)26(33)31(23)22(16-5-6-16)14-30(36(34)19-11-12-19)21-4-2-1-3-20(21)28/h1-4,7-10,16,19,22-24H,5-6,11-15H2,(H2,29,32). The van der Waals surface area contributed by atoms with Gasteiger partial charge in [0, 0.05) is 5.02 Å². The van der Waals surface area contributed by atoms with Gasteiger partial charge in [-0.15, -0.1) is 0 Å². The summed E-state index contributed by atoms with van der Waals surface area (Å²) < 4.78 is 35.8. The summed E-state index contributed by atoms with van der Waals surface area (Å²) in [4.78, 5) is 27.2. The summed E-state index contributed by atoms with van der Waals surface area (Å²) in [6.45, 7) is 0.397. The van der Waals surface area contributed by atoms with E-state index in [-0.39, 0.29) is 48.4 Å². The molecule has 7 nitrogen and oxygen atoms in total. The van der Waals surface area contributed by atoms with Gasteiger partial charge < -0.3 is 15.4 Å². The zero-order valence-corrected chi connectivity index (χ0v) is 21.3. The number of hydrogen-bond acceptors (Lipinski definition) is 4. The molecule has 36 heavy (non-hydrogen) atoms. The van der Waals surface area contributed by atoms with Crippen molar-refractivity contribution in [2.45, 2.75) is 55.5 Å². The Morgan fingerprint density at radius 3 is 2.47 bits per heavy atom. The first-order valence-electron chi connectivity index (χ1n) is 12.2. The topological polar surface area (TPSA) is 92.9 Å². The quantitative estimate of drug-likeness (QED) is 0.503. The first-order valence-corrected chi connectivity index (χ1v) is 13.8. The molecule has 2 saturated carbocycles. The summed E-state index contributed by atoms with van der Waals surface area (Å²) in [6, 6.07) is 12.8. The zero-order chi connectivity index (χ0) is 25.4. The minimum atomic E-state index is -1.43. The number of nitrogens with zero attached hydrogens (tertiary/aromatic N) is 2. The first kappa shape index (κ1) is 25.2. The van der Waals surface area contributed by atoms with Crippen LogP contribution in [0.25, 0.3) is 0 Å². The number of hydrogen-bond donors (Lipinski definition) is 1. The molecule has 3 aliphatic rings. The fraction of sp³-hybridized carbons (Fsp3) is 0.462. The van der Waals surface area contributed by atoms with Gasteiger partial charge in [0.05, 0.1) is 42.6 Å². The van der Waals surface area contributed by atoms with E-state index in [4.69, 9.17) is 22.1 Å². The second-order valence-electron chi connectivity index (χ2n) is 9.70. The third-order valence-corrected chi connectivity index (χ3v) is 9.06. The Balaban J connectivity index is 1.52. The van der Waals surface area contributed by atoms with E-state index in [1.54, 1.807) is 39.5 Å². The fourth-order valence-corrected chi connectivity index (χ4v) is 6.50. The van der Waals surface area contributed by atoms with Crippen molar-refractivity contribution in [3.05, 3.63) is 64.9 Å². The number of carbonyl (C=O) groups is 2. The van der Waals surface area contributed by atoms with Crippen molar-refractivity contribution in [3.63, 3.8) is 0 Å². The van der Waals surface area contributed by atoms with E-state index in [1.807, 2.05) is 12.1 Å². The highest BCUT2D eigenvalue weighted by Crippen LogP contribution is 2.43. The molecule has 2 aliphatic carbocycles. The van der Waals surface area contributed by atoms with Crippen LogP contribution in [0.15, 0.2) is 48.5 Å². The number of nitrogens with two attached hydrogens (primary N) is 1. The summed E-state index contributed by atoms with van der Waals surface area (Å²) in [7, 11) is -1.43. The van der Waals surface area contributed by atoms with E-state index in [1.165, 1.54) is 6.07 Å². The van der Waals surface area contributed by atoms with Gasteiger partial charge in [-0.2, -0.15) is 0 Å². The molecule has 3 fully saturated rings. The predicted octanol–water partition coefficient (Wildman–Crippen LogP) is 3.73. The number of benzene rings is 2. The number of halogens is 2. The molecule has 2 aromatic rings. The van der Waals surface area contributed by atoms with Gasteiger partial charge in [-0.25, -0.2) is 8.60 Å². The fourth-order valence-electron chi connectivity index (χ4n) is 4.83. The third kappa shape index (κ3) is 5.43. The lowest BCUT2D eigenvalue weighted by molar-refractivity contribution is -0.166. The van der Waals surface area contributed by atoms with Crippen molar-refractivity contribution in [1.29, 1.82) is 0 Å². The summed E-state index contributed by atoms with van der Waals surface area (Å²) in [5, 5.41) is 0.559. The van der Waals surface area contributed by atoms with Gasteiger partial charge in [0.1, 0.15) is 22.9 Å². The van der Waals surface area contributed by atoms with E-state index in [2.05, 4.69) is 0 Å². The lowest BCUT2D eigenvalue weighted by atomic mass is 9.97. The van der Waals surface area contributed by atoms with Crippen LogP contribution >= 0.6 is 11.6 Å². The minimum Gasteiger partial charge on any atom is -0.370 e. The van der Waals surface area contributed by atoms with E-state index in [0.717, 1.165) is 31.2 Å². The summed E-state index contributed by atoms with van der Waals surface area (Å²) in [5.41, 5.74) is 6.51. The Morgan fingerprint density at radius 1 is 1.17 bits per heavy atom. The molecule has 0 bridgehead atoms. The van der Waals surface area contributed by atoms with E-state index in [0.29, 0.717) is 5.02 Å². The molecular formula is C26H29ClFN3O4S. The average molecular weight is 534 g/mol. The number of para-hydroxylation sites is 1. The summed E-state index contributed by atoms with van der Waals surface area (Å²) in [5.74, 6) is -1.23. The smallest absolute Gasteiger partial charge is 0.253 e. The van der Waals surface area contributed by atoms with Gasteiger partial charge >= 0.3 is 0 Å². The minimum absolute atomic E-state index is 0.0143. The third-order valence-electron chi connectivity index (χ3n) is 6.99. The molecule has 2 N–H and O–H groups in total. The molecule has 5 rings (SSSR count). The van der Waals surface area contributed by atoms with Crippen LogP contribution in [0.2, 0.25) is 5.02 Å². The van der Waals surface area contributed by atoms with Gasteiger partial charge in [-0.3, -0.25) is 13.9 Å². The second kappa shape index (κ2) is 10.5. The molecule has 4 atom stereocenters. The number of primary amides is 1. The monoisotopic (exact) mass is 533 g/mol. The highest BCUT2D eigenvalue weighted by atomic mass is 35.5. The van der Waals surface area contributed by atoms with Crippen molar-refractivity contribution < 1.29 is 22.9 Å². The highest BCUT2D eigenvalue weighted by molar-refractivity contribution is 7.87. The Bertz CT molecular complexity index is 1160. The molecule has 192 valence electrons. The van der Waals surface area contributed by atoms with E-state index >= 15 is 0 Å². The summed E-state index contributed by atoms with van der Waals surface area (Å²) in [6.07, 6.45) is 2.27. The average Bonchev–Trinajstić information content (AvgIpc) is 3.76. The van der Waals surface area contributed by atoms with Crippen LogP contribution in [0, 0.1) is 11.7 Å². The van der Waals surface area contributed by atoms with Crippen molar-refractivity contribution in [3.8, 4) is 0 Å². The van der Waals surface area contributed by atoms with Gasteiger partial charge in [-0.05, 0) is 61.4 Å². The van der Waals surface area contributed by atoms with Gasteiger partial charge in [0.2, 0.25) is 5.91 Å². The highest BCUT2D eigenvalue weighted by Gasteiger charge is 2.48. The number of amides is 2. The molecular weight excluding hydrogens is 505 g/mol. The number of rotatable bonds is 10. The Kier molecular flexibility index (Phi) is 7.32. The lowest BCUT2D eigenvalue weighted by Crippen LogP contribution is -2.58. The van der Waals surface area contributed by atoms with E-state index in [9.17, 15) is 18.2 Å². The molecule has 0 spiro atoms. The van der Waals surface area contributed by atoms with Crippen molar-refractivity contribution in [1.82, 2.24) is 4.90 Å². The maximum Gasteiger partial charge on any atom is 0.253 e. The number of anilines is 1. The van der Waals surface area contributed by atoms with Gasteiger partial charge in [-0.1, -0.05) is 35.9 Å². The normalized spacial score (nSPS) is 23.8. The molecule has 2 aromatic carbocycles. The maximum atomic E-state index is 14.9. The van der Waals surface area contributed by atoms with Crippen LogP contribution in [0.3, 0.4) is 0 Å². The van der Waals surface area contributed by atoms with Crippen molar-refractivity contribution in [2.75, 3.05) is 17.5 Å². The summed E-state index contributed by atoms with van der Waals surface area (Å²) >= 11 is 6.10. The molecule has 2 amide bonds. The van der Waals surface area contributed by atoms with Gasteiger partial charge in [0.25, 0.3) is 5.91 Å². The molecule has 1 aliphatic heterocycles. The SMILES string of the molecule is NC(=O)CC1OCC(c2ccc(Cl)cc2)N(C(CN(c2ccccc2F)S(=O)C2CC2)C2CC2)C1=O. The molecule has 4 unspecified atom stereocenters. The van der Waals surface area contributed by atoms with Crippen LogP contribution < -0.4 is 10.0 Å². The maximum absolute atomic E-state index is 14.9. The molecule has 1 heterocycles. The number of carbonyl (C=O) groups excluding carboxylic acids is 2. The van der Waals surface area contributed by atoms with Crippen LogP contribution in [0.1, 0.15) is 43.7 Å². The molecule has 0 radical (unpaired) electrons. The van der Waals surface area contributed by atoms with Crippen LogP contribution in [0.4, 0.5) is 10.1 Å². The Hall–Kier alpha value is -2.49. The van der Waals surface area contributed by atoms with Crippen LogP contribution in [-0.2, 0) is 25.3 Å². The number of ether oxygens (including phenoxy) is 1. The molecule has 0 aromatic heterocycles. The largest absolute Gasteiger partial charge is 0.370 e. The molecule has 10 heteroatoms.